The summed E-state index contributed by atoms with van der Waals surface area (Å²) in [5.41, 5.74) is 0.576. The summed E-state index contributed by atoms with van der Waals surface area (Å²) in [5.74, 6) is 0.529. The number of benzene rings is 1. The van der Waals surface area contributed by atoms with E-state index in [0.717, 1.165) is 0 Å². The van der Waals surface area contributed by atoms with Gasteiger partial charge in [0, 0.05) is 5.39 Å². The summed E-state index contributed by atoms with van der Waals surface area (Å²) < 4.78 is 3.44. The molecule has 0 aliphatic rings. The summed E-state index contributed by atoms with van der Waals surface area (Å²) in [6.45, 7) is 0. The van der Waals surface area contributed by atoms with Gasteiger partial charge in [-0.15, -0.1) is 0 Å². The number of rotatable bonds is 1. The lowest BCUT2D eigenvalue weighted by atomic mass is 10.2. The van der Waals surface area contributed by atoms with Crippen molar-refractivity contribution in [2.75, 3.05) is 7.11 Å². The molecule has 0 amide bonds. The number of ether oxygens (including phenoxy) is 1. The molecule has 1 aromatic heterocycles. The molecule has 96 valence electrons. The Labute approximate surface area is 129 Å². The van der Waals surface area contributed by atoms with E-state index in [1.807, 2.05) is 0 Å². The molecule has 18 heavy (non-hydrogen) atoms. The van der Waals surface area contributed by atoms with Gasteiger partial charge in [0.1, 0.15) is 17.0 Å². The second-order valence-electron chi connectivity index (χ2n) is 3.44. The molecule has 2 rings (SSSR count). The van der Waals surface area contributed by atoms with Crippen molar-refractivity contribution in [3.05, 3.63) is 33.9 Å². The third-order valence-corrected chi connectivity index (χ3v) is 3.74. The topological polar surface area (TPSA) is 22.1 Å². The Morgan fingerprint density at radius 2 is 1.78 bits per heavy atom. The van der Waals surface area contributed by atoms with Crippen LogP contribution >= 0.6 is 58.0 Å². The van der Waals surface area contributed by atoms with E-state index in [-0.39, 0.29) is 15.7 Å². The number of nitrogens with zero attached hydrogens (tertiary/aromatic N) is 1. The first kappa shape index (κ1) is 14.3. The van der Waals surface area contributed by atoms with Gasteiger partial charge in [-0.3, -0.25) is 0 Å². The SMILES string of the molecule is COc1cccc2c(Cl)c(Cl)c(C(Cl)(Cl)Cl)nc12. The third kappa shape index (κ3) is 2.45. The maximum Gasteiger partial charge on any atom is 0.234 e. The zero-order valence-electron chi connectivity index (χ0n) is 8.98. The predicted molar refractivity (Wildman–Crippen MR) is 77.6 cm³/mol. The van der Waals surface area contributed by atoms with E-state index >= 15 is 0 Å². The molecule has 0 N–H and O–H groups in total. The largest absolute Gasteiger partial charge is 0.494 e. The molecule has 2 nitrogen and oxygen atoms in total. The highest BCUT2D eigenvalue weighted by atomic mass is 35.6. The minimum atomic E-state index is -1.75. The van der Waals surface area contributed by atoms with Gasteiger partial charge in [0.25, 0.3) is 0 Å². The number of halogens is 5. The highest BCUT2D eigenvalue weighted by Crippen LogP contribution is 2.45. The molecule has 0 unspecified atom stereocenters. The van der Waals surface area contributed by atoms with Gasteiger partial charge in [0.05, 0.1) is 17.2 Å². The first-order chi connectivity index (χ1) is 8.36. The number of methoxy groups -OCH3 is 1. The summed E-state index contributed by atoms with van der Waals surface area (Å²) in [4.78, 5) is 4.24. The first-order valence-electron chi connectivity index (χ1n) is 4.75. The summed E-state index contributed by atoms with van der Waals surface area (Å²) in [5, 5.41) is 1.04. The van der Waals surface area contributed by atoms with E-state index < -0.39 is 3.79 Å². The molecular formula is C11H6Cl5NO. The van der Waals surface area contributed by atoms with Crippen LogP contribution < -0.4 is 4.74 Å². The fourth-order valence-corrected chi connectivity index (χ4v) is 2.63. The van der Waals surface area contributed by atoms with Crippen molar-refractivity contribution >= 4 is 68.9 Å². The molecule has 1 heterocycles. The number of para-hydroxylation sites is 1. The fraction of sp³-hybridized carbons (Fsp3) is 0.182. The average Bonchev–Trinajstić information content (AvgIpc) is 2.31. The lowest BCUT2D eigenvalue weighted by Gasteiger charge is -2.15. The van der Waals surface area contributed by atoms with Crippen LogP contribution in [0.4, 0.5) is 0 Å². The highest BCUT2D eigenvalue weighted by Gasteiger charge is 2.30. The average molecular weight is 345 g/mol. The molecule has 0 aliphatic carbocycles. The first-order valence-corrected chi connectivity index (χ1v) is 6.64. The number of alkyl halides is 3. The molecule has 0 aliphatic heterocycles. The summed E-state index contributed by atoms with van der Waals surface area (Å²) in [6.07, 6.45) is 0. The van der Waals surface area contributed by atoms with Crippen molar-refractivity contribution in [2.24, 2.45) is 0 Å². The van der Waals surface area contributed by atoms with E-state index in [1.54, 1.807) is 18.2 Å². The highest BCUT2D eigenvalue weighted by molar-refractivity contribution is 6.67. The molecular weight excluding hydrogens is 339 g/mol. The molecule has 2 aromatic rings. The van der Waals surface area contributed by atoms with Crippen molar-refractivity contribution in [1.29, 1.82) is 0 Å². The van der Waals surface area contributed by atoms with Crippen LogP contribution in [-0.4, -0.2) is 12.1 Å². The maximum absolute atomic E-state index is 6.16. The molecule has 0 saturated heterocycles. The van der Waals surface area contributed by atoms with Crippen molar-refractivity contribution in [2.45, 2.75) is 3.79 Å². The number of pyridine rings is 1. The number of hydrogen-bond donors (Lipinski definition) is 0. The number of aromatic nitrogens is 1. The van der Waals surface area contributed by atoms with E-state index in [2.05, 4.69) is 4.98 Å². The van der Waals surface area contributed by atoms with E-state index in [9.17, 15) is 0 Å². The molecule has 0 saturated carbocycles. The Hall–Kier alpha value is -0.120. The minimum Gasteiger partial charge on any atom is -0.494 e. The predicted octanol–water partition coefficient (Wildman–Crippen LogP) is 5.38. The Morgan fingerprint density at radius 3 is 2.33 bits per heavy atom. The van der Waals surface area contributed by atoms with Crippen LogP contribution in [0.1, 0.15) is 5.69 Å². The van der Waals surface area contributed by atoms with Gasteiger partial charge in [0.2, 0.25) is 3.79 Å². The molecule has 1 aromatic carbocycles. The van der Waals surface area contributed by atoms with Crippen LogP contribution in [0.2, 0.25) is 10.0 Å². The fourth-order valence-electron chi connectivity index (χ4n) is 1.55. The summed E-state index contributed by atoms with van der Waals surface area (Å²) in [6, 6.07) is 5.28. The zero-order chi connectivity index (χ0) is 13.5. The molecule has 0 bridgehead atoms. The van der Waals surface area contributed by atoms with Crippen LogP contribution in [0.5, 0.6) is 5.75 Å². The van der Waals surface area contributed by atoms with E-state index in [4.69, 9.17) is 62.7 Å². The molecule has 0 fully saturated rings. The quantitative estimate of drug-likeness (QED) is 0.648. The zero-order valence-corrected chi connectivity index (χ0v) is 12.8. The maximum atomic E-state index is 6.16. The van der Waals surface area contributed by atoms with Gasteiger partial charge < -0.3 is 4.74 Å². The van der Waals surface area contributed by atoms with Crippen LogP contribution in [0.3, 0.4) is 0 Å². The Morgan fingerprint density at radius 1 is 1.11 bits per heavy atom. The van der Waals surface area contributed by atoms with E-state index in [0.29, 0.717) is 16.7 Å². The molecule has 7 heteroatoms. The van der Waals surface area contributed by atoms with Crippen LogP contribution in [0.15, 0.2) is 18.2 Å². The van der Waals surface area contributed by atoms with Crippen molar-refractivity contribution in [3.8, 4) is 5.75 Å². The van der Waals surface area contributed by atoms with Gasteiger partial charge in [-0.05, 0) is 6.07 Å². The van der Waals surface area contributed by atoms with Gasteiger partial charge in [-0.2, -0.15) is 0 Å². The number of hydrogen-bond acceptors (Lipinski definition) is 2. The van der Waals surface area contributed by atoms with E-state index in [1.165, 1.54) is 7.11 Å². The monoisotopic (exact) mass is 343 g/mol. The number of fused-ring (bicyclic) bond motifs is 1. The minimum absolute atomic E-state index is 0.0798. The molecule has 0 radical (unpaired) electrons. The van der Waals surface area contributed by atoms with Crippen molar-refractivity contribution in [3.63, 3.8) is 0 Å². The van der Waals surface area contributed by atoms with Crippen molar-refractivity contribution in [1.82, 2.24) is 4.98 Å². The summed E-state index contributed by atoms with van der Waals surface area (Å²) >= 11 is 29.7. The van der Waals surface area contributed by atoms with Gasteiger partial charge in [-0.1, -0.05) is 70.1 Å². The second-order valence-corrected chi connectivity index (χ2v) is 6.48. The van der Waals surface area contributed by atoms with Crippen LogP contribution in [0.25, 0.3) is 10.9 Å². The smallest absolute Gasteiger partial charge is 0.234 e. The Kier molecular flexibility index (Phi) is 4.05. The normalized spacial score (nSPS) is 11.9. The molecule has 0 spiro atoms. The Bertz CT molecular complexity index is 608. The van der Waals surface area contributed by atoms with Crippen molar-refractivity contribution < 1.29 is 4.74 Å². The van der Waals surface area contributed by atoms with Crippen LogP contribution in [0, 0.1) is 0 Å². The standard InChI is InChI=1S/C11H6Cl5NO/c1-18-6-4-2-3-5-7(12)8(13)10(11(14,15)16)17-9(5)6/h2-4H,1H3. The van der Waals surface area contributed by atoms with Gasteiger partial charge in [-0.25, -0.2) is 4.98 Å². The second kappa shape index (κ2) is 5.10. The Balaban J connectivity index is 2.89. The van der Waals surface area contributed by atoms with Gasteiger partial charge >= 0.3 is 0 Å². The summed E-state index contributed by atoms with van der Waals surface area (Å²) in [7, 11) is 1.52. The lowest BCUT2D eigenvalue weighted by Crippen LogP contribution is -2.06. The van der Waals surface area contributed by atoms with Gasteiger partial charge in [0.15, 0.2) is 0 Å². The molecule has 0 atom stereocenters. The third-order valence-electron chi connectivity index (χ3n) is 2.35. The van der Waals surface area contributed by atoms with Crippen LogP contribution in [-0.2, 0) is 3.79 Å². The lowest BCUT2D eigenvalue weighted by molar-refractivity contribution is 0.419.